The van der Waals surface area contributed by atoms with E-state index in [0.717, 1.165) is 11.3 Å². The molecule has 0 aromatic heterocycles. The van der Waals surface area contributed by atoms with Gasteiger partial charge in [-0.3, -0.25) is 4.79 Å². The summed E-state index contributed by atoms with van der Waals surface area (Å²) in [5.41, 5.74) is 1.48. The van der Waals surface area contributed by atoms with E-state index in [1.807, 2.05) is 24.3 Å². The minimum absolute atomic E-state index is 0.000506. The Bertz CT molecular complexity index is 678. The number of rotatable bonds is 4. The summed E-state index contributed by atoms with van der Waals surface area (Å²) >= 11 is 0. The summed E-state index contributed by atoms with van der Waals surface area (Å²) in [5, 5.41) is 0. The van der Waals surface area contributed by atoms with Crippen molar-refractivity contribution in [3.05, 3.63) is 53.6 Å². The van der Waals surface area contributed by atoms with Crippen molar-refractivity contribution < 1.29 is 19.0 Å². The Labute approximate surface area is 123 Å². The molecule has 0 radical (unpaired) electrons. The Morgan fingerprint density at radius 1 is 1.14 bits per heavy atom. The van der Waals surface area contributed by atoms with Crippen LogP contribution in [-0.2, 0) is 0 Å². The Morgan fingerprint density at radius 3 is 2.71 bits per heavy atom. The minimum Gasteiger partial charge on any atom is -0.497 e. The SMILES string of the molecule is COc1ccc(C(=O)C2COc3ccccc32)c(OC)c1. The molecule has 2 aromatic rings. The van der Waals surface area contributed by atoms with Crippen LogP contribution in [0.4, 0.5) is 0 Å². The third kappa shape index (κ3) is 2.33. The van der Waals surface area contributed by atoms with Crippen LogP contribution in [-0.4, -0.2) is 26.6 Å². The first-order chi connectivity index (χ1) is 10.2. The maximum absolute atomic E-state index is 12.8. The fraction of sp³-hybridized carbons (Fsp3) is 0.235. The number of hydrogen-bond acceptors (Lipinski definition) is 4. The van der Waals surface area contributed by atoms with E-state index in [-0.39, 0.29) is 11.7 Å². The maximum Gasteiger partial charge on any atom is 0.177 e. The maximum atomic E-state index is 12.8. The van der Waals surface area contributed by atoms with Gasteiger partial charge in [0.15, 0.2) is 5.78 Å². The van der Waals surface area contributed by atoms with Crippen LogP contribution in [0.2, 0.25) is 0 Å². The summed E-state index contributed by atoms with van der Waals surface area (Å²) in [6, 6.07) is 12.8. The first-order valence-electron chi connectivity index (χ1n) is 6.72. The number of methoxy groups -OCH3 is 2. The van der Waals surface area contributed by atoms with Crippen LogP contribution in [0.5, 0.6) is 17.2 Å². The molecule has 0 fully saturated rings. The van der Waals surface area contributed by atoms with Crippen LogP contribution < -0.4 is 14.2 Å². The monoisotopic (exact) mass is 284 g/mol. The third-order valence-corrected chi connectivity index (χ3v) is 3.69. The molecule has 1 unspecified atom stereocenters. The second-order valence-electron chi connectivity index (χ2n) is 4.83. The van der Waals surface area contributed by atoms with E-state index in [1.165, 1.54) is 0 Å². The van der Waals surface area contributed by atoms with Crippen molar-refractivity contribution in [1.29, 1.82) is 0 Å². The molecular formula is C17H16O4. The van der Waals surface area contributed by atoms with Crippen molar-refractivity contribution >= 4 is 5.78 Å². The zero-order valence-electron chi connectivity index (χ0n) is 12.0. The van der Waals surface area contributed by atoms with Gasteiger partial charge < -0.3 is 14.2 Å². The van der Waals surface area contributed by atoms with E-state index in [1.54, 1.807) is 32.4 Å². The molecule has 0 aliphatic carbocycles. The van der Waals surface area contributed by atoms with Crippen LogP contribution in [0.3, 0.4) is 0 Å². The van der Waals surface area contributed by atoms with Gasteiger partial charge in [-0.1, -0.05) is 18.2 Å². The summed E-state index contributed by atoms with van der Waals surface area (Å²) in [6.45, 7) is 0.368. The van der Waals surface area contributed by atoms with E-state index < -0.39 is 0 Å². The molecule has 1 heterocycles. The van der Waals surface area contributed by atoms with Crippen molar-refractivity contribution in [3.63, 3.8) is 0 Å². The van der Waals surface area contributed by atoms with Crippen LogP contribution in [0.25, 0.3) is 0 Å². The summed E-state index contributed by atoms with van der Waals surface area (Å²) in [4.78, 5) is 12.8. The molecule has 1 aliphatic heterocycles. The van der Waals surface area contributed by atoms with E-state index in [2.05, 4.69) is 0 Å². The molecule has 1 atom stereocenters. The Morgan fingerprint density at radius 2 is 1.95 bits per heavy atom. The number of fused-ring (bicyclic) bond motifs is 1. The second-order valence-corrected chi connectivity index (χ2v) is 4.83. The summed E-state index contributed by atoms with van der Waals surface area (Å²) in [5.74, 6) is 1.67. The highest BCUT2D eigenvalue weighted by atomic mass is 16.5. The fourth-order valence-corrected chi connectivity index (χ4v) is 2.57. The predicted octanol–water partition coefficient (Wildman–Crippen LogP) is 3.06. The number of carbonyl (C=O) groups is 1. The van der Waals surface area contributed by atoms with Gasteiger partial charge in [-0.25, -0.2) is 0 Å². The number of ether oxygens (including phenoxy) is 3. The highest BCUT2D eigenvalue weighted by molar-refractivity contribution is 6.04. The molecule has 0 bridgehead atoms. The van der Waals surface area contributed by atoms with Gasteiger partial charge in [-0.15, -0.1) is 0 Å². The lowest BCUT2D eigenvalue weighted by atomic mass is 9.92. The predicted molar refractivity (Wildman–Crippen MR) is 78.6 cm³/mol. The van der Waals surface area contributed by atoms with Gasteiger partial charge in [0, 0.05) is 11.6 Å². The number of benzene rings is 2. The number of ketones is 1. The average molecular weight is 284 g/mol. The summed E-state index contributed by atoms with van der Waals surface area (Å²) < 4.78 is 16.1. The zero-order chi connectivity index (χ0) is 14.8. The first-order valence-corrected chi connectivity index (χ1v) is 6.72. The smallest absolute Gasteiger partial charge is 0.177 e. The van der Waals surface area contributed by atoms with Crippen molar-refractivity contribution in [1.82, 2.24) is 0 Å². The van der Waals surface area contributed by atoms with Gasteiger partial charge in [0.25, 0.3) is 0 Å². The molecule has 0 amide bonds. The van der Waals surface area contributed by atoms with Gasteiger partial charge in [0.2, 0.25) is 0 Å². The van der Waals surface area contributed by atoms with Crippen molar-refractivity contribution in [2.75, 3.05) is 20.8 Å². The molecule has 21 heavy (non-hydrogen) atoms. The van der Waals surface area contributed by atoms with Crippen molar-refractivity contribution in [3.8, 4) is 17.2 Å². The molecule has 108 valence electrons. The van der Waals surface area contributed by atoms with Crippen molar-refractivity contribution in [2.24, 2.45) is 0 Å². The lowest BCUT2D eigenvalue weighted by Gasteiger charge is -2.12. The lowest BCUT2D eigenvalue weighted by molar-refractivity contribution is 0.0944. The average Bonchev–Trinajstić information content (AvgIpc) is 2.97. The summed E-state index contributed by atoms with van der Waals surface area (Å²) in [6.07, 6.45) is 0. The van der Waals surface area contributed by atoms with Gasteiger partial charge in [-0.2, -0.15) is 0 Å². The minimum atomic E-state index is -0.288. The molecular weight excluding hydrogens is 268 g/mol. The third-order valence-electron chi connectivity index (χ3n) is 3.69. The Balaban J connectivity index is 1.97. The topological polar surface area (TPSA) is 44.8 Å². The molecule has 4 nitrogen and oxygen atoms in total. The van der Waals surface area contributed by atoms with Gasteiger partial charge >= 0.3 is 0 Å². The molecule has 0 N–H and O–H groups in total. The highest BCUT2D eigenvalue weighted by Gasteiger charge is 2.32. The number of hydrogen-bond donors (Lipinski definition) is 0. The normalized spacial score (nSPS) is 16.0. The van der Waals surface area contributed by atoms with Gasteiger partial charge in [0.1, 0.15) is 23.9 Å². The van der Waals surface area contributed by atoms with Crippen molar-refractivity contribution in [2.45, 2.75) is 5.92 Å². The highest BCUT2D eigenvalue weighted by Crippen LogP contribution is 2.37. The summed E-state index contributed by atoms with van der Waals surface area (Å²) in [7, 11) is 3.13. The number of Topliss-reactive ketones (excluding diaryl/α,β-unsaturated/α-hetero) is 1. The number of para-hydroxylation sites is 1. The fourth-order valence-electron chi connectivity index (χ4n) is 2.57. The van der Waals surface area contributed by atoms with E-state index in [9.17, 15) is 4.79 Å². The molecule has 0 saturated heterocycles. The largest absolute Gasteiger partial charge is 0.497 e. The lowest BCUT2D eigenvalue weighted by Crippen LogP contribution is -2.15. The molecule has 2 aromatic carbocycles. The first kappa shape index (κ1) is 13.5. The van der Waals surface area contributed by atoms with E-state index in [4.69, 9.17) is 14.2 Å². The van der Waals surface area contributed by atoms with E-state index >= 15 is 0 Å². The van der Waals surface area contributed by atoms with Crippen LogP contribution in [0, 0.1) is 0 Å². The Hall–Kier alpha value is -2.49. The number of carbonyl (C=O) groups excluding carboxylic acids is 1. The zero-order valence-corrected chi connectivity index (χ0v) is 12.0. The molecule has 1 aliphatic rings. The quantitative estimate of drug-likeness (QED) is 0.809. The molecule has 4 heteroatoms. The second kappa shape index (κ2) is 5.48. The van der Waals surface area contributed by atoms with Crippen LogP contribution in [0.1, 0.15) is 21.8 Å². The molecule has 0 saturated carbocycles. The van der Waals surface area contributed by atoms with Gasteiger partial charge in [0.05, 0.1) is 25.7 Å². The van der Waals surface area contributed by atoms with Crippen LogP contribution >= 0.6 is 0 Å². The van der Waals surface area contributed by atoms with E-state index in [0.29, 0.717) is 23.7 Å². The molecule has 0 spiro atoms. The standard InChI is InChI=1S/C17H16O4/c1-19-11-7-8-13(16(9-11)20-2)17(18)14-10-21-15-6-4-3-5-12(14)15/h3-9,14H,10H2,1-2H3. The Kier molecular flexibility index (Phi) is 3.52. The van der Waals surface area contributed by atoms with Gasteiger partial charge in [-0.05, 0) is 18.2 Å². The molecule has 3 rings (SSSR count). The van der Waals surface area contributed by atoms with Crippen LogP contribution in [0.15, 0.2) is 42.5 Å².